The van der Waals surface area contributed by atoms with E-state index in [1.54, 1.807) is 6.07 Å². The molecule has 0 bridgehead atoms. The van der Waals surface area contributed by atoms with E-state index in [0.717, 1.165) is 25.7 Å². The number of rotatable bonds is 4. The van der Waals surface area contributed by atoms with Crippen LogP contribution in [0.1, 0.15) is 31.7 Å². The van der Waals surface area contributed by atoms with Crippen LogP contribution in [-0.2, 0) is 4.74 Å². The van der Waals surface area contributed by atoms with Crippen LogP contribution in [0.15, 0.2) is 31.0 Å². The molecule has 0 aromatic carbocycles. The summed E-state index contributed by atoms with van der Waals surface area (Å²) >= 11 is 6.66. The van der Waals surface area contributed by atoms with Gasteiger partial charge in [0.1, 0.15) is 16.9 Å². The molecule has 1 saturated carbocycles. The number of hydrogen-bond donors (Lipinski definition) is 1. The molecule has 1 aliphatic heterocycles. The fraction of sp³-hybridized carbons (Fsp3) is 0.476. The number of ether oxygens (including phenoxy) is 2. The predicted octanol–water partition coefficient (Wildman–Crippen LogP) is 3.58. The van der Waals surface area contributed by atoms with Crippen molar-refractivity contribution in [2.45, 2.75) is 37.8 Å². The third kappa shape index (κ3) is 3.77. The second-order valence-electron chi connectivity index (χ2n) is 7.80. The molecular weight excluding hydrogens is 406 g/mol. The van der Waals surface area contributed by atoms with Gasteiger partial charge in [-0.2, -0.15) is 4.98 Å². The van der Waals surface area contributed by atoms with Crippen molar-refractivity contribution in [3.8, 4) is 11.6 Å². The third-order valence-electron chi connectivity index (χ3n) is 5.89. The average Bonchev–Trinajstić information content (AvgIpc) is 3.32. The van der Waals surface area contributed by atoms with Gasteiger partial charge >= 0.3 is 0 Å². The fourth-order valence-corrected chi connectivity index (χ4v) is 4.59. The largest absolute Gasteiger partial charge is 0.506 e. The standard InChI is InChI=1S/C21H24ClN5O3/c22-18-19-17(11-15(28)12-24-19)21(25-20(18)26-7-9-29-10-8-26)30-16-3-1-14(2-4-16)27-6-5-23-13-27/h5-6,11-14,16,28H,1-4,7-10H2. The van der Waals surface area contributed by atoms with Gasteiger partial charge in [0.25, 0.3) is 0 Å². The first kappa shape index (κ1) is 19.4. The number of morpholine rings is 1. The minimum Gasteiger partial charge on any atom is -0.506 e. The molecule has 9 heteroatoms. The molecule has 0 radical (unpaired) electrons. The van der Waals surface area contributed by atoms with E-state index in [9.17, 15) is 5.11 Å². The van der Waals surface area contributed by atoms with Gasteiger partial charge in [-0.05, 0) is 31.7 Å². The number of anilines is 1. The Hall–Kier alpha value is -2.58. The molecule has 30 heavy (non-hydrogen) atoms. The molecule has 0 spiro atoms. The molecule has 0 unspecified atom stereocenters. The zero-order chi connectivity index (χ0) is 20.5. The Kier molecular flexibility index (Phi) is 5.35. The van der Waals surface area contributed by atoms with Gasteiger partial charge in [0.05, 0.1) is 36.6 Å². The first-order valence-corrected chi connectivity index (χ1v) is 10.7. The Morgan fingerprint density at radius 1 is 1.17 bits per heavy atom. The number of hydrogen-bond acceptors (Lipinski definition) is 7. The lowest BCUT2D eigenvalue weighted by atomic mass is 9.93. The van der Waals surface area contributed by atoms with E-state index in [1.807, 2.05) is 18.7 Å². The molecule has 5 rings (SSSR count). The van der Waals surface area contributed by atoms with Gasteiger partial charge in [-0.25, -0.2) is 4.98 Å². The fourth-order valence-electron chi connectivity index (χ4n) is 4.28. The summed E-state index contributed by atoms with van der Waals surface area (Å²) in [4.78, 5) is 15.4. The lowest BCUT2D eigenvalue weighted by molar-refractivity contribution is 0.121. The highest BCUT2D eigenvalue weighted by atomic mass is 35.5. The number of pyridine rings is 2. The number of imidazole rings is 1. The second-order valence-corrected chi connectivity index (χ2v) is 8.18. The molecule has 3 aromatic heterocycles. The number of nitrogens with zero attached hydrogens (tertiary/aromatic N) is 5. The van der Waals surface area contributed by atoms with Crippen molar-refractivity contribution >= 4 is 28.3 Å². The normalized spacial score (nSPS) is 22.4. The van der Waals surface area contributed by atoms with Crippen LogP contribution in [-0.4, -0.2) is 57.0 Å². The van der Waals surface area contributed by atoms with Crippen LogP contribution in [0.2, 0.25) is 5.02 Å². The molecule has 0 amide bonds. The molecular formula is C21H24ClN5O3. The maximum Gasteiger partial charge on any atom is 0.225 e. The summed E-state index contributed by atoms with van der Waals surface area (Å²) in [5, 5.41) is 11.1. The molecule has 158 valence electrons. The monoisotopic (exact) mass is 429 g/mol. The zero-order valence-electron chi connectivity index (χ0n) is 16.6. The van der Waals surface area contributed by atoms with Crippen molar-refractivity contribution < 1.29 is 14.6 Å². The molecule has 2 fully saturated rings. The zero-order valence-corrected chi connectivity index (χ0v) is 17.3. The predicted molar refractivity (Wildman–Crippen MR) is 113 cm³/mol. The Labute approximate surface area is 179 Å². The summed E-state index contributed by atoms with van der Waals surface area (Å²) in [7, 11) is 0. The van der Waals surface area contributed by atoms with E-state index in [0.29, 0.717) is 60.0 Å². The van der Waals surface area contributed by atoms with Crippen LogP contribution in [0.4, 0.5) is 5.82 Å². The third-order valence-corrected chi connectivity index (χ3v) is 6.24. The summed E-state index contributed by atoms with van der Waals surface area (Å²) in [6, 6.07) is 2.08. The minimum atomic E-state index is 0.0570. The van der Waals surface area contributed by atoms with Gasteiger partial charge in [-0.1, -0.05) is 11.6 Å². The van der Waals surface area contributed by atoms with Crippen molar-refractivity contribution in [3.05, 3.63) is 36.0 Å². The molecule has 0 atom stereocenters. The van der Waals surface area contributed by atoms with E-state index in [-0.39, 0.29) is 11.9 Å². The van der Waals surface area contributed by atoms with Gasteiger partial charge in [0, 0.05) is 31.5 Å². The molecule has 1 aliphatic carbocycles. The maximum absolute atomic E-state index is 9.99. The van der Waals surface area contributed by atoms with Crippen LogP contribution >= 0.6 is 11.6 Å². The molecule has 1 N–H and O–H groups in total. The van der Waals surface area contributed by atoms with Gasteiger partial charge in [0.15, 0.2) is 5.82 Å². The SMILES string of the molecule is Oc1cnc2c(Cl)c(N3CCOCC3)nc(OC3CCC(n4ccnc4)CC3)c2c1. The molecule has 2 aliphatic rings. The summed E-state index contributed by atoms with van der Waals surface area (Å²) in [5.41, 5.74) is 0.591. The molecule has 1 saturated heterocycles. The van der Waals surface area contributed by atoms with Crippen LogP contribution < -0.4 is 9.64 Å². The second kappa shape index (κ2) is 8.28. The first-order valence-electron chi connectivity index (χ1n) is 10.3. The molecule has 8 nitrogen and oxygen atoms in total. The van der Waals surface area contributed by atoms with Gasteiger partial charge in [-0.3, -0.25) is 4.98 Å². The van der Waals surface area contributed by atoms with E-state index >= 15 is 0 Å². The highest BCUT2D eigenvalue weighted by molar-refractivity contribution is 6.37. The van der Waals surface area contributed by atoms with Crippen molar-refractivity contribution in [1.29, 1.82) is 0 Å². The Balaban J connectivity index is 1.42. The number of halogens is 1. The topological polar surface area (TPSA) is 85.5 Å². The maximum atomic E-state index is 9.99. The van der Waals surface area contributed by atoms with Crippen LogP contribution in [0, 0.1) is 0 Å². The summed E-state index contributed by atoms with van der Waals surface area (Å²) in [5.74, 6) is 1.20. The number of aromatic nitrogens is 4. The Bertz CT molecular complexity index is 1020. The lowest BCUT2D eigenvalue weighted by Gasteiger charge is -2.31. The van der Waals surface area contributed by atoms with Crippen LogP contribution in [0.3, 0.4) is 0 Å². The van der Waals surface area contributed by atoms with Crippen molar-refractivity contribution in [3.63, 3.8) is 0 Å². The quantitative estimate of drug-likeness (QED) is 0.678. The van der Waals surface area contributed by atoms with Crippen molar-refractivity contribution in [2.24, 2.45) is 0 Å². The van der Waals surface area contributed by atoms with Gasteiger partial charge < -0.3 is 24.0 Å². The van der Waals surface area contributed by atoms with E-state index in [2.05, 4.69) is 19.4 Å². The summed E-state index contributed by atoms with van der Waals surface area (Å²) in [6.07, 6.45) is 11.1. The minimum absolute atomic E-state index is 0.0570. The van der Waals surface area contributed by atoms with E-state index in [1.165, 1.54) is 6.20 Å². The first-order chi connectivity index (χ1) is 14.7. The van der Waals surface area contributed by atoms with Crippen LogP contribution in [0.25, 0.3) is 10.9 Å². The van der Waals surface area contributed by atoms with Crippen molar-refractivity contribution in [1.82, 2.24) is 19.5 Å². The summed E-state index contributed by atoms with van der Waals surface area (Å²) < 4.78 is 14.0. The highest BCUT2D eigenvalue weighted by Crippen LogP contribution is 2.39. The number of aromatic hydroxyl groups is 1. The van der Waals surface area contributed by atoms with Crippen molar-refractivity contribution in [2.75, 3.05) is 31.2 Å². The van der Waals surface area contributed by atoms with E-state index in [4.69, 9.17) is 26.1 Å². The van der Waals surface area contributed by atoms with Gasteiger partial charge in [-0.15, -0.1) is 0 Å². The lowest BCUT2D eigenvalue weighted by Crippen LogP contribution is -2.37. The molecule has 4 heterocycles. The number of fused-ring (bicyclic) bond motifs is 1. The Morgan fingerprint density at radius 2 is 1.97 bits per heavy atom. The average molecular weight is 430 g/mol. The van der Waals surface area contributed by atoms with Crippen LogP contribution in [0.5, 0.6) is 11.6 Å². The van der Waals surface area contributed by atoms with Gasteiger partial charge in [0.2, 0.25) is 5.88 Å². The Morgan fingerprint density at radius 3 is 2.70 bits per heavy atom. The smallest absolute Gasteiger partial charge is 0.225 e. The highest BCUT2D eigenvalue weighted by Gasteiger charge is 2.26. The molecule has 3 aromatic rings. The summed E-state index contributed by atoms with van der Waals surface area (Å²) in [6.45, 7) is 2.69. The van der Waals surface area contributed by atoms with E-state index < -0.39 is 0 Å².